The van der Waals surface area contributed by atoms with Crippen molar-refractivity contribution in [1.29, 1.82) is 0 Å². The molecule has 0 aromatic carbocycles. The molecule has 0 unspecified atom stereocenters. The minimum atomic E-state index is -0.680. The summed E-state index contributed by atoms with van der Waals surface area (Å²) in [4.78, 5) is 0. The molecule has 0 bridgehead atoms. The Morgan fingerprint density at radius 3 is 2.15 bits per heavy atom. The highest BCUT2D eigenvalue weighted by Crippen LogP contribution is 2.68. The van der Waals surface area contributed by atoms with Gasteiger partial charge in [-0.15, -0.1) is 0 Å². The Labute approximate surface area is 202 Å². The number of allylic oxidation sites excluding steroid dienone is 3. The van der Waals surface area contributed by atoms with Crippen LogP contribution in [0.2, 0.25) is 0 Å². The van der Waals surface area contributed by atoms with Crippen LogP contribution >= 0.6 is 0 Å². The van der Waals surface area contributed by atoms with Crippen molar-refractivity contribution < 1.29 is 15.3 Å². The molecule has 0 amide bonds. The largest absolute Gasteiger partial charge is 0.393 e. The van der Waals surface area contributed by atoms with Gasteiger partial charge in [-0.3, -0.25) is 0 Å². The number of aliphatic hydroxyl groups is 3. The average Bonchev–Trinajstić information content (AvgIpc) is 3.07. The molecule has 33 heavy (non-hydrogen) atoms. The third-order valence-electron chi connectivity index (χ3n) is 11.3. The highest BCUT2D eigenvalue weighted by Gasteiger charge is 2.63. The Morgan fingerprint density at radius 1 is 0.848 bits per heavy atom. The molecular formula is C30H50O3. The summed E-state index contributed by atoms with van der Waals surface area (Å²) in [5, 5.41) is 32.1. The van der Waals surface area contributed by atoms with E-state index < -0.39 is 12.2 Å². The highest BCUT2D eigenvalue weighted by atomic mass is 16.3. The molecule has 0 aromatic rings. The quantitative estimate of drug-likeness (QED) is 0.444. The molecule has 3 heteroatoms. The summed E-state index contributed by atoms with van der Waals surface area (Å²) in [6.45, 7) is 18.2. The van der Waals surface area contributed by atoms with E-state index in [-0.39, 0.29) is 17.4 Å². The van der Waals surface area contributed by atoms with Crippen molar-refractivity contribution in [3.05, 3.63) is 24.3 Å². The van der Waals surface area contributed by atoms with Crippen LogP contribution in [0.1, 0.15) is 86.5 Å². The second-order valence-electron chi connectivity index (χ2n) is 13.5. The summed E-state index contributed by atoms with van der Waals surface area (Å²) < 4.78 is 0. The van der Waals surface area contributed by atoms with E-state index in [1.807, 2.05) is 0 Å². The molecule has 4 aliphatic rings. The number of aliphatic hydroxyl groups excluding tert-OH is 3. The number of hydrogen-bond donors (Lipinski definition) is 3. The van der Waals surface area contributed by atoms with Gasteiger partial charge < -0.3 is 15.3 Å². The van der Waals surface area contributed by atoms with Crippen LogP contribution in [-0.4, -0.2) is 33.6 Å². The second kappa shape index (κ2) is 9.10. The number of hydrogen-bond acceptors (Lipinski definition) is 3. The molecule has 188 valence electrons. The van der Waals surface area contributed by atoms with Crippen molar-refractivity contribution >= 4 is 0 Å². The molecule has 0 radical (unpaired) electrons. The predicted molar refractivity (Wildman–Crippen MR) is 135 cm³/mol. The van der Waals surface area contributed by atoms with E-state index in [0.29, 0.717) is 59.7 Å². The normalized spacial score (nSPS) is 49.4. The fourth-order valence-corrected chi connectivity index (χ4v) is 9.61. The lowest BCUT2D eigenvalue weighted by Gasteiger charge is -2.62. The van der Waals surface area contributed by atoms with Crippen LogP contribution in [0.15, 0.2) is 24.3 Å². The summed E-state index contributed by atoms with van der Waals surface area (Å²) in [5.74, 6) is 4.17. The molecule has 12 atom stereocenters. The van der Waals surface area contributed by atoms with Crippen molar-refractivity contribution in [2.75, 3.05) is 0 Å². The van der Waals surface area contributed by atoms with Crippen molar-refractivity contribution in [3.63, 3.8) is 0 Å². The van der Waals surface area contributed by atoms with E-state index >= 15 is 0 Å². The lowest BCUT2D eigenvalue weighted by molar-refractivity contribution is -0.195. The maximum atomic E-state index is 11.2. The highest BCUT2D eigenvalue weighted by molar-refractivity contribution is 5.14. The van der Waals surface area contributed by atoms with Crippen molar-refractivity contribution in [1.82, 2.24) is 0 Å². The molecule has 4 aliphatic carbocycles. The van der Waals surface area contributed by atoms with Gasteiger partial charge in [0.05, 0.1) is 18.3 Å². The Morgan fingerprint density at radius 2 is 1.52 bits per heavy atom. The van der Waals surface area contributed by atoms with E-state index in [0.717, 1.165) is 6.42 Å². The Balaban J connectivity index is 1.54. The minimum absolute atomic E-state index is 0.0577. The lowest BCUT2D eigenvalue weighted by atomic mass is 9.43. The molecule has 4 saturated carbocycles. The smallest absolute Gasteiger partial charge is 0.0804 e. The molecule has 4 rings (SSSR count). The van der Waals surface area contributed by atoms with E-state index in [2.05, 4.69) is 60.3 Å². The standard InChI is InChI=1S/C30H50O3/c1-17(2)20(18(3)4)9-8-19(5)22-10-11-23-21-14-26(31)25-15-27(32)28(33)16-30(25,7)24(21)12-13-29(22,23)6/h8-9,18-28,31-33H,1,10-16H2,2-7H3/b9-8-/t19-,20+,21+,22-,23+,24+,25-,26+,27+,28+,29-,30-/m1/s1. The van der Waals surface area contributed by atoms with Crippen molar-refractivity contribution in [3.8, 4) is 0 Å². The first-order chi connectivity index (χ1) is 15.4. The summed E-state index contributed by atoms with van der Waals surface area (Å²) in [5.41, 5.74) is 1.53. The first-order valence-corrected chi connectivity index (χ1v) is 13.8. The number of rotatable bonds is 5. The van der Waals surface area contributed by atoms with Crippen LogP contribution in [0.5, 0.6) is 0 Å². The third-order valence-corrected chi connectivity index (χ3v) is 11.3. The molecule has 0 spiro atoms. The summed E-state index contributed by atoms with van der Waals surface area (Å²) in [7, 11) is 0. The fraction of sp³-hybridized carbons (Fsp3) is 0.867. The third kappa shape index (κ3) is 4.19. The van der Waals surface area contributed by atoms with Gasteiger partial charge in [-0.2, -0.15) is 0 Å². The van der Waals surface area contributed by atoms with Crippen LogP contribution < -0.4 is 0 Å². The van der Waals surface area contributed by atoms with Gasteiger partial charge in [0, 0.05) is 0 Å². The average molecular weight is 459 g/mol. The van der Waals surface area contributed by atoms with Gasteiger partial charge in [0.2, 0.25) is 0 Å². The van der Waals surface area contributed by atoms with Gasteiger partial charge in [0.1, 0.15) is 0 Å². The summed E-state index contributed by atoms with van der Waals surface area (Å²) in [6.07, 6.45) is 10.3. The summed E-state index contributed by atoms with van der Waals surface area (Å²) in [6, 6.07) is 0. The van der Waals surface area contributed by atoms with Gasteiger partial charge in [-0.1, -0.05) is 58.9 Å². The van der Waals surface area contributed by atoms with Crippen LogP contribution in [0.25, 0.3) is 0 Å². The second-order valence-corrected chi connectivity index (χ2v) is 13.5. The number of fused-ring (bicyclic) bond motifs is 5. The molecule has 0 heterocycles. The first kappa shape index (κ1) is 25.5. The maximum absolute atomic E-state index is 11.2. The zero-order valence-electron chi connectivity index (χ0n) is 22.0. The van der Waals surface area contributed by atoms with Crippen LogP contribution in [0.4, 0.5) is 0 Å². The Kier molecular flexibility index (Phi) is 7.02. The Bertz CT molecular complexity index is 758. The SMILES string of the molecule is C=C(C)[C@H](/C=C\[C@@H](C)[C@H]1CC[C@H]2[C@@H]3C[C@H](O)[C@H]4C[C@H](O)[C@@H](O)C[C@]4(C)[C@H]3CC[C@]12C)C(C)C. The van der Waals surface area contributed by atoms with E-state index in [1.54, 1.807) is 0 Å². The zero-order valence-corrected chi connectivity index (χ0v) is 22.0. The van der Waals surface area contributed by atoms with Crippen molar-refractivity contribution in [2.24, 2.45) is 58.2 Å². The maximum Gasteiger partial charge on any atom is 0.0804 e. The predicted octanol–water partition coefficient (Wildman–Crippen LogP) is 5.99. The molecule has 0 aliphatic heterocycles. The van der Waals surface area contributed by atoms with E-state index in [4.69, 9.17) is 0 Å². The molecular weight excluding hydrogens is 408 g/mol. The van der Waals surface area contributed by atoms with Gasteiger partial charge in [-0.25, -0.2) is 0 Å². The van der Waals surface area contributed by atoms with E-state index in [9.17, 15) is 15.3 Å². The molecule has 4 fully saturated rings. The van der Waals surface area contributed by atoms with Gasteiger partial charge >= 0.3 is 0 Å². The minimum Gasteiger partial charge on any atom is -0.393 e. The van der Waals surface area contributed by atoms with Crippen molar-refractivity contribution in [2.45, 2.75) is 105 Å². The van der Waals surface area contributed by atoms with Crippen LogP contribution in [0, 0.1) is 58.2 Å². The van der Waals surface area contributed by atoms with Crippen LogP contribution in [-0.2, 0) is 0 Å². The Hall–Kier alpha value is -0.640. The molecule has 3 nitrogen and oxygen atoms in total. The lowest BCUT2D eigenvalue weighted by Crippen LogP contribution is -2.60. The van der Waals surface area contributed by atoms with E-state index in [1.165, 1.54) is 31.3 Å². The van der Waals surface area contributed by atoms with Gasteiger partial charge in [0.25, 0.3) is 0 Å². The van der Waals surface area contributed by atoms with Gasteiger partial charge in [0.15, 0.2) is 0 Å². The van der Waals surface area contributed by atoms with Crippen LogP contribution in [0.3, 0.4) is 0 Å². The molecule has 0 aromatic heterocycles. The molecule has 0 saturated heterocycles. The topological polar surface area (TPSA) is 60.7 Å². The summed E-state index contributed by atoms with van der Waals surface area (Å²) >= 11 is 0. The first-order valence-electron chi connectivity index (χ1n) is 13.8. The fourth-order valence-electron chi connectivity index (χ4n) is 9.61. The monoisotopic (exact) mass is 458 g/mol. The zero-order chi connectivity index (χ0) is 24.3. The van der Waals surface area contributed by atoms with Gasteiger partial charge in [-0.05, 0) is 110 Å². The molecule has 3 N–H and O–H groups in total.